The molecule has 5 nitrogen and oxygen atoms in total. The number of likely N-dealkylation sites (N-methyl/N-ethyl adjacent to an activating group) is 1. The fourth-order valence-corrected chi connectivity index (χ4v) is 2.66. The fourth-order valence-electron chi connectivity index (χ4n) is 2.66. The predicted molar refractivity (Wildman–Crippen MR) is 73.7 cm³/mol. The molecule has 0 spiro atoms. The molecule has 2 fully saturated rings. The summed E-state index contributed by atoms with van der Waals surface area (Å²) in [6, 6.07) is 0.686. The van der Waals surface area contributed by atoms with Crippen LogP contribution in [0.5, 0.6) is 0 Å². The highest BCUT2D eigenvalue weighted by atomic mass is 16.2. The zero-order valence-corrected chi connectivity index (χ0v) is 12.3. The molecule has 0 bridgehead atoms. The van der Waals surface area contributed by atoms with Crippen molar-refractivity contribution in [2.24, 2.45) is 0 Å². The summed E-state index contributed by atoms with van der Waals surface area (Å²) in [5, 5.41) is 0. The lowest BCUT2D eigenvalue weighted by molar-refractivity contribution is -0.153. The highest BCUT2D eigenvalue weighted by molar-refractivity contribution is 6.34. The molecule has 0 aromatic carbocycles. The highest BCUT2D eigenvalue weighted by Crippen LogP contribution is 2.21. The average Bonchev–Trinajstić information content (AvgIpc) is 2.35. The molecule has 0 saturated carbocycles. The fraction of sp³-hybridized carbons (Fsp3) is 0.857. The molecule has 2 heterocycles. The van der Waals surface area contributed by atoms with E-state index in [0.29, 0.717) is 6.04 Å². The van der Waals surface area contributed by atoms with Gasteiger partial charge in [-0.25, -0.2) is 0 Å². The number of nitrogens with zero attached hydrogens (tertiary/aromatic N) is 3. The summed E-state index contributed by atoms with van der Waals surface area (Å²) in [5.74, 6) is -0.712. The molecule has 0 unspecified atom stereocenters. The van der Waals surface area contributed by atoms with Gasteiger partial charge in [-0.2, -0.15) is 0 Å². The maximum absolute atomic E-state index is 12.1. The third kappa shape index (κ3) is 3.08. The van der Waals surface area contributed by atoms with Crippen LogP contribution >= 0.6 is 0 Å². The number of piperidine rings is 1. The summed E-state index contributed by atoms with van der Waals surface area (Å²) in [6.45, 7) is 7.68. The van der Waals surface area contributed by atoms with Gasteiger partial charge in [-0.1, -0.05) is 0 Å². The molecule has 0 aromatic rings. The maximum atomic E-state index is 12.1. The zero-order chi connectivity index (χ0) is 14.0. The van der Waals surface area contributed by atoms with Gasteiger partial charge in [0.1, 0.15) is 0 Å². The summed E-state index contributed by atoms with van der Waals surface area (Å²) < 4.78 is 0. The first-order valence-electron chi connectivity index (χ1n) is 7.31. The Kier molecular flexibility index (Phi) is 4.45. The van der Waals surface area contributed by atoms with Crippen LogP contribution < -0.4 is 0 Å². The van der Waals surface area contributed by atoms with Crippen LogP contribution in [0.2, 0.25) is 0 Å². The van der Waals surface area contributed by atoms with Crippen LogP contribution in [0, 0.1) is 0 Å². The Balaban J connectivity index is 1.83. The predicted octanol–water partition coefficient (Wildman–Crippen LogP) is 0.550. The second-order valence-corrected chi connectivity index (χ2v) is 5.92. The maximum Gasteiger partial charge on any atom is 0.312 e. The third-order valence-corrected chi connectivity index (χ3v) is 4.44. The quantitative estimate of drug-likeness (QED) is 0.686. The number of amides is 2. The van der Waals surface area contributed by atoms with Crippen molar-refractivity contribution >= 4 is 11.8 Å². The monoisotopic (exact) mass is 267 g/mol. The lowest BCUT2D eigenvalue weighted by Gasteiger charge is -2.43. The summed E-state index contributed by atoms with van der Waals surface area (Å²) in [7, 11) is 1.69. The largest absolute Gasteiger partial charge is 0.335 e. The Morgan fingerprint density at radius 3 is 2.11 bits per heavy atom. The average molecular weight is 267 g/mol. The van der Waals surface area contributed by atoms with Crippen molar-refractivity contribution in [3.8, 4) is 0 Å². The molecule has 0 aromatic heterocycles. The second kappa shape index (κ2) is 5.90. The summed E-state index contributed by atoms with van der Waals surface area (Å²) >= 11 is 0. The Morgan fingerprint density at radius 2 is 1.68 bits per heavy atom. The van der Waals surface area contributed by atoms with Gasteiger partial charge in [-0.15, -0.1) is 0 Å². The van der Waals surface area contributed by atoms with E-state index in [-0.39, 0.29) is 17.9 Å². The summed E-state index contributed by atoms with van der Waals surface area (Å²) in [5.41, 5.74) is 0. The summed E-state index contributed by atoms with van der Waals surface area (Å²) in [6.07, 6.45) is 3.31. The molecule has 0 aliphatic carbocycles. The SMILES string of the molecule is CC(C)N(C)C(=O)C(=O)N1CCC(N2CCC2)CC1. The number of carbonyl (C=O) groups excluding carboxylic acids is 2. The minimum Gasteiger partial charge on any atom is -0.335 e. The number of hydrogen-bond acceptors (Lipinski definition) is 3. The van der Waals surface area contributed by atoms with Crippen LogP contribution in [-0.2, 0) is 9.59 Å². The van der Waals surface area contributed by atoms with Crippen LogP contribution in [0.3, 0.4) is 0 Å². The number of carbonyl (C=O) groups is 2. The first-order valence-corrected chi connectivity index (χ1v) is 7.31. The molecule has 2 aliphatic rings. The van der Waals surface area contributed by atoms with Gasteiger partial charge in [0, 0.05) is 32.2 Å². The number of rotatable bonds is 2. The molecule has 0 N–H and O–H groups in total. The molecule has 2 aliphatic heterocycles. The minimum atomic E-state index is -0.377. The van der Waals surface area contributed by atoms with Crippen molar-refractivity contribution in [3.05, 3.63) is 0 Å². The van der Waals surface area contributed by atoms with Crippen molar-refractivity contribution in [2.45, 2.75) is 45.2 Å². The van der Waals surface area contributed by atoms with Gasteiger partial charge in [0.05, 0.1) is 0 Å². The molecule has 108 valence electrons. The zero-order valence-electron chi connectivity index (χ0n) is 12.3. The third-order valence-electron chi connectivity index (χ3n) is 4.44. The Bertz CT molecular complexity index is 345. The first kappa shape index (κ1) is 14.3. The van der Waals surface area contributed by atoms with Gasteiger partial charge < -0.3 is 14.7 Å². The Hall–Kier alpha value is -1.10. The number of hydrogen-bond donors (Lipinski definition) is 0. The van der Waals surface area contributed by atoms with E-state index in [2.05, 4.69) is 4.90 Å². The lowest BCUT2D eigenvalue weighted by atomic mass is 9.99. The van der Waals surface area contributed by atoms with E-state index in [1.807, 2.05) is 13.8 Å². The molecular formula is C14H25N3O2. The molecular weight excluding hydrogens is 242 g/mol. The van der Waals surface area contributed by atoms with E-state index in [1.165, 1.54) is 24.4 Å². The van der Waals surface area contributed by atoms with Crippen LogP contribution in [0.4, 0.5) is 0 Å². The van der Waals surface area contributed by atoms with Gasteiger partial charge in [-0.05, 0) is 46.2 Å². The van der Waals surface area contributed by atoms with E-state index in [1.54, 1.807) is 11.9 Å². The van der Waals surface area contributed by atoms with E-state index >= 15 is 0 Å². The molecule has 0 atom stereocenters. The van der Waals surface area contributed by atoms with Gasteiger partial charge in [0.25, 0.3) is 0 Å². The molecule has 2 saturated heterocycles. The van der Waals surface area contributed by atoms with E-state index in [4.69, 9.17) is 0 Å². The van der Waals surface area contributed by atoms with Crippen molar-refractivity contribution in [2.75, 3.05) is 33.2 Å². The van der Waals surface area contributed by atoms with Crippen molar-refractivity contribution < 1.29 is 9.59 Å². The van der Waals surface area contributed by atoms with Gasteiger partial charge in [0.2, 0.25) is 0 Å². The van der Waals surface area contributed by atoms with Crippen LogP contribution in [-0.4, -0.2) is 71.8 Å². The minimum absolute atomic E-state index is 0.0649. The van der Waals surface area contributed by atoms with Crippen molar-refractivity contribution in [1.29, 1.82) is 0 Å². The van der Waals surface area contributed by atoms with Gasteiger partial charge >= 0.3 is 11.8 Å². The normalized spacial score (nSPS) is 21.4. The van der Waals surface area contributed by atoms with E-state index in [0.717, 1.165) is 25.9 Å². The summed E-state index contributed by atoms with van der Waals surface area (Å²) in [4.78, 5) is 29.8. The molecule has 5 heteroatoms. The number of likely N-dealkylation sites (tertiary alicyclic amines) is 2. The Morgan fingerprint density at radius 1 is 1.11 bits per heavy atom. The van der Waals surface area contributed by atoms with Gasteiger partial charge in [0.15, 0.2) is 0 Å². The standard InChI is InChI=1S/C14H25N3O2/c1-11(2)15(3)13(18)14(19)17-9-5-12(6-10-17)16-7-4-8-16/h11-12H,4-10H2,1-3H3. The Labute approximate surface area is 115 Å². The van der Waals surface area contributed by atoms with E-state index < -0.39 is 0 Å². The van der Waals surface area contributed by atoms with Crippen molar-refractivity contribution in [3.63, 3.8) is 0 Å². The van der Waals surface area contributed by atoms with Crippen LogP contribution in [0.15, 0.2) is 0 Å². The van der Waals surface area contributed by atoms with Gasteiger partial charge in [-0.3, -0.25) is 9.59 Å². The molecule has 0 radical (unpaired) electrons. The molecule has 2 rings (SSSR count). The van der Waals surface area contributed by atoms with Crippen molar-refractivity contribution in [1.82, 2.24) is 14.7 Å². The second-order valence-electron chi connectivity index (χ2n) is 5.92. The van der Waals surface area contributed by atoms with Crippen LogP contribution in [0.1, 0.15) is 33.1 Å². The highest BCUT2D eigenvalue weighted by Gasteiger charge is 2.32. The molecule has 2 amide bonds. The molecule has 19 heavy (non-hydrogen) atoms. The lowest BCUT2D eigenvalue weighted by Crippen LogP contribution is -2.53. The van der Waals surface area contributed by atoms with E-state index in [9.17, 15) is 9.59 Å². The first-order chi connectivity index (χ1) is 9.00. The van der Waals surface area contributed by atoms with Crippen LogP contribution in [0.25, 0.3) is 0 Å². The smallest absolute Gasteiger partial charge is 0.312 e. The topological polar surface area (TPSA) is 43.9 Å².